The van der Waals surface area contributed by atoms with E-state index in [0.29, 0.717) is 0 Å². The third-order valence-corrected chi connectivity index (χ3v) is 1.81. The molecule has 0 saturated carbocycles. The second-order valence-corrected chi connectivity index (χ2v) is 3.62. The van der Waals surface area contributed by atoms with Crippen molar-refractivity contribution < 1.29 is 20.6 Å². The topological polar surface area (TPSA) is 0 Å². The first-order chi connectivity index (χ1) is 8.24. The van der Waals surface area contributed by atoms with Gasteiger partial charge in [-0.15, -0.1) is 0 Å². The van der Waals surface area contributed by atoms with E-state index >= 15 is 0 Å². The van der Waals surface area contributed by atoms with E-state index in [2.05, 4.69) is 46.3 Å². The minimum absolute atomic E-state index is 1.09. The van der Waals surface area contributed by atoms with Crippen LogP contribution in [0.3, 0.4) is 0 Å². The van der Waals surface area contributed by atoms with Gasteiger partial charge in [-0.1, -0.05) is 59.3 Å². The Morgan fingerprint density at radius 2 is 0.824 bits per heavy atom. The molecule has 0 amide bonds. The van der Waals surface area contributed by atoms with Crippen LogP contribution < -0.4 is 0 Å². The van der Waals surface area contributed by atoms with Crippen LogP contribution in [0.4, 0.5) is 0 Å². The summed E-state index contributed by atoms with van der Waals surface area (Å²) >= 11 is 1.19. The molecule has 0 radical (unpaired) electrons. The predicted octanol–water partition coefficient (Wildman–Crippen LogP) is 6.00. The summed E-state index contributed by atoms with van der Waals surface area (Å²) in [6, 6.07) is 0. The van der Waals surface area contributed by atoms with Gasteiger partial charge in [0.25, 0.3) is 0 Å². The van der Waals surface area contributed by atoms with Gasteiger partial charge >= 0.3 is 25.3 Å². The average molecular weight is 408 g/mol. The van der Waals surface area contributed by atoms with Crippen molar-refractivity contribution in [3.8, 4) is 0 Å². The van der Waals surface area contributed by atoms with E-state index in [9.17, 15) is 0 Å². The molecular formula is C16H35Ta-3. The van der Waals surface area contributed by atoms with Gasteiger partial charge in [-0.25, -0.2) is 0 Å². The Hall–Kier alpha value is 0.610. The monoisotopic (exact) mass is 408 g/mol. The Morgan fingerprint density at radius 1 is 0.647 bits per heavy atom. The summed E-state index contributed by atoms with van der Waals surface area (Å²) in [6.07, 6.45) is 11.0. The average Bonchev–Trinajstić information content (AvgIpc) is 2.36. The Bertz CT molecular complexity index is 51.7. The van der Waals surface area contributed by atoms with Crippen LogP contribution in [-0.4, -0.2) is 4.73 Å². The number of hydrogen-bond acceptors (Lipinski definition) is 0. The third kappa shape index (κ3) is 81.1. The van der Waals surface area contributed by atoms with Crippen molar-refractivity contribution in [1.82, 2.24) is 0 Å². The minimum atomic E-state index is 1.09. The van der Waals surface area contributed by atoms with Gasteiger partial charge in [-0.05, 0) is 0 Å². The van der Waals surface area contributed by atoms with E-state index in [0.717, 1.165) is 19.3 Å². The summed E-state index contributed by atoms with van der Waals surface area (Å²) in [5, 5.41) is 0. The molecule has 0 aliphatic rings. The molecule has 0 fully saturated rings. The van der Waals surface area contributed by atoms with E-state index in [-0.39, 0.29) is 0 Å². The molecule has 0 aromatic rings. The van der Waals surface area contributed by atoms with Crippen molar-refractivity contribution in [1.29, 1.82) is 0 Å². The van der Waals surface area contributed by atoms with Crippen LogP contribution in [0.2, 0.25) is 0 Å². The van der Waals surface area contributed by atoms with E-state index < -0.39 is 0 Å². The zero-order valence-electron chi connectivity index (χ0n) is 12.6. The van der Waals surface area contributed by atoms with Gasteiger partial charge in [-0.2, -0.15) is 19.3 Å². The van der Waals surface area contributed by atoms with E-state index in [1.54, 1.807) is 0 Å². The second kappa shape index (κ2) is 43.8. The molecule has 0 aliphatic carbocycles. The zero-order chi connectivity index (χ0) is 14.4. The van der Waals surface area contributed by atoms with Gasteiger partial charge in [0.1, 0.15) is 0 Å². The van der Waals surface area contributed by atoms with Crippen molar-refractivity contribution >= 4 is 4.73 Å². The van der Waals surface area contributed by atoms with Crippen molar-refractivity contribution in [3.05, 3.63) is 20.8 Å². The van der Waals surface area contributed by atoms with Crippen molar-refractivity contribution in [2.45, 2.75) is 78.6 Å². The fourth-order valence-corrected chi connectivity index (χ4v) is 0.750. The maximum atomic E-state index is 3.68. The third-order valence-electron chi connectivity index (χ3n) is 1.81. The van der Waals surface area contributed by atoms with Crippen LogP contribution in [0.1, 0.15) is 78.6 Å². The fraction of sp³-hybridized carbons (Fsp3) is 0.750. The zero-order valence-corrected chi connectivity index (χ0v) is 15.9. The quantitative estimate of drug-likeness (QED) is 0.473. The Morgan fingerprint density at radius 3 is 0.824 bits per heavy atom. The van der Waals surface area contributed by atoms with Crippen LogP contribution in [-0.2, 0) is 20.6 Å². The first kappa shape index (κ1) is 26.2. The maximum absolute atomic E-state index is 3.68. The van der Waals surface area contributed by atoms with Gasteiger partial charge in [0.05, 0.1) is 0 Å². The molecular weight excluding hydrogens is 373 g/mol. The molecule has 0 aromatic heterocycles. The molecule has 0 rings (SSSR count). The van der Waals surface area contributed by atoms with Gasteiger partial charge in [0.15, 0.2) is 0 Å². The molecule has 0 bridgehead atoms. The van der Waals surface area contributed by atoms with E-state index in [1.165, 1.54) is 59.1 Å². The molecule has 0 nitrogen and oxygen atoms in total. The van der Waals surface area contributed by atoms with Gasteiger partial charge in [-0.3, -0.25) is 0 Å². The summed E-state index contributed by atoms with van der Waals surface area (Å²) < 4.78 is 3.36. The number of rotatable bonds is 6. The molecule has 0 aliphatic heterocycles. The van der Waals surface area contributed by atoms with Crippen LogP contribution in [0, 0.1) is 20.8 Å². The molecule has 0 saturated heterocycles. The van der Waals surface area contributed by atoms with Gasteiger partial charge in [0.2, 0.25) is 0 Å². The van der Waals surface area contributed by atoms with Crippen molar-refractivity contribution in [3.63, 3.8) is 0 Å². The molecule has 0 unspecified atom stereocenters. The second-order valence-electron chi connectivity index (χ2n) is 3.62. The van der Waals surface area contributed by atoms with Crippen molar-refractivity contribution in [2.24, 2.45) is 0 Å². The summed E-state index contributed by atoms with van der Waals surface area (Å²) in [7, 11) is 0. The normalized spacial score (nSPS) is 7.59. The molecule has 17 heavy (non-hydrogen) atoms. The number of unbranched alkanes of at least 4 members (excludes halogenated alkanes) is 6. The van der Waals surface area contributed by atoms with E-state index in [1.807, 2.05) is 0 Å². The van der Waals surface area contributed by atoms with Crippen molar-refractivity contribution in [2.75, 3.05) is 0 Å². The van der Waals surface area contributed by atoms with Crippen LogP contribution in [0.25, 0.3) is 0 Å². The first-order valence-corrected chi connectivity index (χ1v) is 9.21. The summed E-state index contributed by atoms with van der Waals surface area (Å²) in [6.45, 7) is 17.5. The summed E-state index contributed by atoms with van der Waals surface area (Å²) in [5.74, 6) is 0. The molecule has 107 valence electrons. The summed E-state index contributed by atoms with van der Waals surface area (Å²) in [4.78, 5) is 0. The Balaban J connectivity index is -0.0000000693. The summed E-state index contributed by atoms with van der Waals surface area (Å²) in [5.41, 5.74) is 0. The predicted molar refractivity (Wildman–Crippen MR) is 81.8 cm³/mol. The Labute approximate surface area is 124 Å². The SMILES string of the molecule is [CH2-]CCCC.[CH2-]CCCC.[CH2-]CCCC.[CH2]=[Ta]. The van der Waals surface area contributed by atoms with Crippen LogP contribution in [0.15, 0.2) is 0 Å². The molecule has 0 N–H and O–H groups in total. The molecule has 0 spiro atoms. The van der Waals surface area contributed by atoms with Crippen LogP contribution in [0.5, 0.6) is 0 Å². The molecule has 0 heterocycles. The first-order valence-electron chi connectivity index (χ1n) is 6.94. The van der Waals surface area contributed by atoms with Gasteiger partial charge in [0, 0.05) is 0 Å². The Kier molecular flexibility index (Phi) is 67.6. The molecule has 0 aromatic carbocycles. The van der Waals surface area contributed by atoms with Gasteiger partial charge < -0.3 is 20.8 Å². The fourth-order valence-electron chi connectivity index (χ4n) is 0.750. The number of hydrogen-bond donors (Lipinski definition) is 0. The standard InChI is InChI=1S/3C5H11.CH2.Ta/c3*1-3-5-4-2;;/h3*1,3-5H2,2H3;1H2;/q3*-1;;. The van der Waals surface area contributed by atoms with Crippen LogP contribution >= 0.6 is 0 Å². The molecule has 1 heteroatoms. The van der Waals surface area contributed by atoms with E-state index in [4.69, 9.17) is 0 Å². The molecule has 0 atom stereocenters.